The number of thiophene rings is 1. The molecule has 0 aromatic carbocycles. The molecule has 0 saturated carbocycles. The fraction of sp³-hybridized carbons (Fsp3) is 0.562. The molecule has 1 saturated heterocycles. The van der Waals surface area contributed by atoms with Crippen molar-refractivity contribution in [1.82, 2.24) is 15.5 Å². The molecule has 0 amide bonds. The monoisotopic (exact) mass is 306 g/mol. The smallest absolute Gasteiger partial charge is 0.191 e. The molecule has 1 unspecified atom stereocenters. The summed E-state index contributed by atoms with van der Waals surface area (Å²) in [5, 5.41) is 8.80. The normalized spacial score (nSPS) is 20.2. The Labute approximate surface area is 132 Å². The van der Waals surface area contributed by atoms with Crippen LogP contribution in [0.25, 0.3) is 0 Å². The van der Waals surface area contributed by atoms with Crippen molar-refractivity contribution in [3.05, 3.63) is 35.0 Å². The van der Waals surface area contributed by atoms with Crippen LogP contribution in [0.15, 0.2) is 35.2 Å². The number of rotatable bonds is 6. The van der Waals surface area contributed by atoms with E-state index in [0.29, 0.717) is 5.92 Å². The molecular formula is C16H26N4S. The Bertz CT molecular complexity index is 441. The van der Waals surface area contributed by atoms with Gasteiger partial charge in [0, 0.05) is 38.1 Å². The van der Waals surface area contributed by atoms with Crippen LogP contribution < -0.4 is 10.6 Å². The first kappa shape index (κ1) is 16.0. The van der Waals surface area contributed by atoms with Crippen LogP contribution in [0.2, 0.25) is 0 Å². The second-order valence-electron chi connectivity index (χ2n) is 5.45. The lowest BCUT2D eigenvalue weighted by Crippen LogP contribution is -2.44. The molecule has 116 valence electrons. The Morgan fingerprint density at radius 1 is 1.57 bits per heavy atom. The molecule has 0 aliphatic carbocycles. The van der Waals surface area contributed by atoms with Gasteiger partial charge < -0.3 is 10.6 Å². The molecule has 1 aliphatic rings. The van der Waals surface area contributed by atoms with Crippen LogP contribution in [0.1, 0.15) is 17.7 Å². The van der Waals surface area contributed by atoms with E-state index in [-0.39, 0.29) is 0 Å². The van der Waals surface area contributed by atoms with Gasteiger partial charge in [0.15, 0.2) is 5.96 Å². The van der Waals surface area contributed by atoms with Crippen molar-refractivity contribution in [3.8, 4) is 0 Å². The third-order valence-electron chi connectivity index (χ3n) is 3.76. The van der Waals surface area contributed by atoms with Crippen LogP contribution in [-0.4, -0.2) is 44.1 Å². The molecule has 5 heteroatoms. The van der Waals surface area contributed by atoms with E-state index in [1.165, 1.54) is 30.8 Å². The fourth-order valence-electron chi connectivity index (χ4n) is 2.71. The van der Waals surface area contributed by atoms with Crippen LogP contribution >= 0.6 is 11.3 Å². The largest absolute Gasteiger partial charge is 0.356 e. The molecular weight excluding hydrogens is 280 g/mol. The van der Waals surface area contributed by atoms with E-state index in [1.54, 1.807) is 0 Å². The second kappa shape index (κ2) is 8.85. The maximum Gasteiger partial charge on any atom is 0.191 e. The third-order valence-corrected chi connectivity index (χ3v) is 4.62. The van der Waals surface area contributed by atoms with Crippen molar-refractivity contribution in [2.24, 2.45) is 10.9 Å². The van der Waals surface area contributed by atoms with E-state index in [4.69, 9.17) is 0 Å². The maximum absolute atomic E-state index is 4.22. The van der Waals surface area contributed by atoms with Gasteiger partial charge in [-0.1, -0.05) is 12.1 Å². The van der Waals surface area contributed by atoms with Crippen molar-refractivity contribution in [1.29, 1.82) is 0 Å². The summed E-state index contributed by atoms with van der Waals surface area (Å²) in [4.78, 5) is 8.26. The molecule has 1 fully saturated rings. The van der Waals surface area contributed by atoms with E-state index in [1.807, 2.05) is 24.5 Å². The number of hydrogen-bond acceptors (Lipinski definition) is 3. The molecule has 2 rings (SSSR count). The van der Waals surface area contributed by atoms with Gasteiger partial charge in [-0.2, -0.15) is 0 Å². The van der Waals surface area contributed by atoms with Crippen LogP contribution in [0, 0.1) is 5.92 Å². The summed E-state index contributed by atoms with van der Waals surface area (Å²) >= 11 is 1.85. The van der Waals surface area contributed by atoms with Crippen LogP contribution in [0.4, 0.5) is 0 Å². The lowest BCUT2D eigenvalue weighted by Gasteiger charge is -2.32. The van der Waals surface area contributed by atoms with Crippen molar-refractivity contribution in [2.75, 3.05) is 33.2 Å². The molecule has 0 radical (unpaired) electrons. The van der Waals surface area contributed by atoms with E-state index < -0.39 is 0 Å². The van der Waals surface area contributed by atoms with Crippen LogP contribution in [-0.2, 0) is 6.54 Å². The number of nitrogens with zero attached hydrogens (tertiary/aromatic N) is 2. The molecule has 2 N–H and O–H groups in total. The molecule has 2 heterocycles. The van der Waals surface area contributed by atoms with Crippen LogP contribution in [0.5, 0.6) is 0 Å². The van der Waals surface area contributed by atoms with Crippen molar-refractivity contribution in [2.45, 2.75) is 19.4 Å². The molecule has 4 nitrogen and oxygen atoms in total. The van der Waals surface area contributed by atoms with E-state index >= 15 is 0 Å². The third kappa shape index (κ3) is 5.52. The number of hydrogen-bond donors (Lipinski definition) is 2. The van der Waals surface area contributed by atoms with Crippen LogP contribution in [0.3, 0.4) is 0 Å². The highest BCUT2D eigenvalue weighted by Crippen LogP contribution is 2.19. The summed E-state index contributed by atoms with van der Waals surface area (Å²) in [5.74, 6) is 1.56. The lowest BCUT2D eigenvalue weighted by atomic mass is 9.98. The Kier molecular flexibility index (Phi) is 6.76. The highest BCUT2D eigenvalue weighted by atomic mass is 32.1. The zero-order valence-electron chi connectivity index (χ0n) is 12.8. The van der Waals surface area contributed by atoms with Crippen molar-refractivity contribution >= 4 is 17.3 Å². The van der Waals surface area contributed by atoms with E-state index in [2.05, 4.69) is 44.6 Å². The predicted octanol–water partition coefficient (Wildman–Crippen LogP) is 2.31. The predicted molar refractivity (Wildman–Crippen MR) is 91.9 cm³/mol. The van der Waals surface area contributed by atoms with Gasteiger partial charge in [-0.3, -0.25) is 9.89 Å². The number of likely N-dealkylation sites (tertiary alicyclic amines) is 1. The molecule has 21 heavy (non-hydrogen) atoms. The Hall–Kier alpha value is -1.33. The van der Waals surface area contributed by atoms with E-state index in [9.17, 15) is 0 Å². The summed E-state index contributed by atoms with van der Waals surface area (Å²) in [6.45, 7) is 8.93. The summed E-state index contributed by atoms with van der Waals surface area (Å²) in [5.41, 5.74) is 0. The van der Waals surface area contributed by atoms with Gasteiger partial charge in [0.25, 0.3) is 0 Å². The van der Waals surface area contributed by atoms with Gasteiger partial charge in [0.2, 0.25) is 0 Å². The summed E-state index contributed by atoms with van der Waals surface area (Å²) in [6.07, 6.45) is 4.43. The first-order valence-electron chi connectivity index (χ1n) is 7.62. The summed E-state index contributed by atoms with van der Waals surface area (Å²) in [6, 6.07) is 4.37. The fourth-order valence-corrected chi connectivity index (χ4v) is 3.46. The Morgan fingerprint density at radius 2 is 2.48 bits per heavy atom. The minimum absolute atomic E-state index is 0.695. The first-order valence-corrected chi connectivity index (χ1v) is 8.50. The van der Waals surface area contributed by atoms with Gasteiger partial charge in [-0.15, -0.1) is 17.9 Å². The number of piperidine rings is 1. The SMILES string of the molecule is C=CCNC(=NC)NCC1CCCN(Cc2cccs2)C1. The van der Waals surface area contributed by atoms with E-state index in [0.717, 1.165) is 25.6 Å². The molecule has 1 aliphatic heterocycles. The van der Waals surface area contributed by atoms with Gasteiger partial charge in [0.1, 0.15) is 0 Å². The van der Waals surface area contributed by atoms with Gasteiger partial charge >= 0.3 is 0 Å². The highest BCUT2D eigenvalue weighted by Gasteiger charge is 2.20. The average Bonchev–Trinajstić information content (AvgIpc) is 3.01. The number of nitrogens with one attached hydrogen (secondary N) is 2. The average molecular weight is 306 g/mol. The van der Waals surface area contributed by atoms with Gasteiger partial charge in [-0.05, 0) is 36.8 Å². The van der Waals surface area contributed by atoms with Gasteiger partial charge in [0.05, 0.1) is 0 Å². The molecule has 1 atom stereocenters. The number of aliphatic imine (C=N–C) groups is 1. The zero-order valence-corrected chi connectivity index (χ0v) is 13.7. The molecule has 1 aromatic rings. The molecule has 0 spiro atoms. The topological polar surface area (TPSA) is 39.7 Å². The van der Waals surface area contributed by atoms with Crippen molar-refractivity contribution in [3.63, 3.8) is 0 Å². The van der Waals surface area contributed by atoms with Crippen molar-refractivity contribution < 1.29 is 0 Å². The quantitative estimate of drug-likeness (QED) is 0.481. The minimum atomic E-state index is 0.695. The Morgan fingerprint density at radius 3 is 3.19 bits per heavy atom. The minimum Gasteiger partial charge on any atom is -0.356 e. The molecule has 0 bridgehead atoms. The highest BCUT2D eigenvalue weighted by molar-refractivity contribution is 7.09. The maximum atomic E-state index is 4.22. The van der Waals surface area contributed by atoms with Gasteiger partial charge in [-0.25, -0.2) is 0 Å². The lowest BCUT2D eigenvalue weighted by molar-refractivity contribution is 0.169. The first-order chi connectivity index (χ1) is 10.3. The summed E-state index contributed by atoms with van der Waals surface area (Å²) < 4.78 is 0. The zero-order chi connectivity index (χ0) is 14.9. The standard InChI is InChI=1S/C16H26N4S/c1-3-8-18-16(17-2)19-11-14-6-4-9-20(12-14)13-15-7-5-10-21-15/h3,5,7,10,14H,1,4,6,8-9,11-13H2,2H3,(H2,17,18,19). The summed E-state index contributed by atoms with van der Waals surface area (Å²) in [7, 11) is 1.81. The second-order valence-corrected chi connectivity index (χ2v) is 6.48. The molecule has 1 aromatic heterocycles. The number of guanidine groups is 1. The Balaban J connectivity index is 1.74.